The molecule has 1 aliphatic heterocycles. The fourth-order valence-corrected chi connectivity index (χ4v) is 3.75. The summed E-state index contributed by atoms with van der Waals surface area (Å²) in [6.45, 7) is 2.49. The predicted molar refractivity (Wildman–Crippen MR) is 97.9 cm³/mol. The molecule has 1 aromatic rings. The number of carbonyl (C=O) groups is 2. The quantitative estimate of drug-likeness (QED) is 0.382. The van der Waals surface area contributed by atoms with Crippen LogP contribution in [0.1, 0.15) is 31.7 Å². The van der Waals surface area contributed by atoms with Crippen LogP contribution in [0.2, 0.25) is 0 Å². The van der Waals surface area contributed by atoms with Gasteiger partial charge in [0.1, 0.15) is 12.1 Å². The molecule has 0 amide bonds. The van der Waals surface area contributed by atoms with E-state index in [-0.39, 0.29) is 12.1 Å². The fourth-order valence-electron chi connectivity index (χ4n) is 2.91. The summed E-state index contributed by atoms with van der Waals surface area (Å²) in [7, 11) is -2.24. The van der Waals surface area contributed by atoms with Crippen LogP contribution in [0.25, 0.3) is 0 Å². The number of esters is 2. The van der Waals surface area contributed by atoms with E-state index in [1.165, 1.54) is 0 Å². The molecule has 2 rings (SSSR count). The summed E-state index contributed by atoms with van der Waals surface area (Å²) in [5.41, 5.74) is 7.23. The van der Waals surface area contributed by atoms with Crippen LogP contribution in [0.4, 0.5) is 0 Å². The normalized spacial score (nSPS) is 19.6. The molecule has 0 aliphatic carbocycles. The van der Waals surface area contributed by atoms with Gasteiger partial charge in [0, 0.05) is 6.04 Å². The van der Waals surface area contributed by atoms with Crippen molar-refractivity contribution in [2.24, 2.45) is 5.73 Å². The van der Waals surface area contributed by atoms with Crippen LogP contribution < -0.4 is 11.1 Å². The van der Waals surface area contributed by atoms with Crippen molar-refractivity contribution >= 4 is 20.0 Å². The molecule has 1 saturated heterocycles. The highest BCUT2D eigenvalue weighted by Gasteiger charge is 2.32. The minimum Gasteiger partial charge on any atom is -0.389 e. The fraction of sp³-hybridized carbons (Fsp3) is 0.556. The molecule has 8 heteroatoms. The van der Waals surface area contributed by atoms with E-state index < -0.39 is 32.2 Å². The van der Waals surface area contributed by atoms with Gasteiger partial charge in [-0.05, 0) is 49.3 Å². The molecule has 7 nitrogen and oxygen atoms in total. The second kappa shape index (κ2) is 10.5. The maximum atomic E-state index is 12.0. The Morgan fingerprint density at radius 3 is 2.73 bits per heavy atom. The smallest absolute Gasteiger partial charge is 0.389 e. The third-order valence-electron chi connectivity index (χ3n) is 4.09. The van der Waals surface area contributed by atoms with E-state index in [4.69, 9.17) is 15.0 Å². The number of carbonyl (C=O) groups excluding carboxylic acids is 2. The summed E-state index contributed by atoms with van der Waals surface area (Å²) in [6, 6.07) is 9.25. The van der Waals surface area contributed by atoms with Crippen LogP contribution in [-0.2, 0) is 29.8 Å². The Balaban J connectivity index is 1.67. The summed E-state index contributed by atoms with van der Waals surface area (Å²) < 4.78 is 22.0. The first-order valence-electron chi connectivity index (χ1n) is 8.83. The lowest BCUT2D eigenvalue weighted by Gasteiger charge is -2.13. The van der Waals surface area contributed by atoms with Gasteiger partial charge in [0.2, 0.25) is 0 Å². The highest BCUT2D eigenvalue weighted by Crippen LogP contribution is 2.26. The summed E-state index contributed by atoms with van der Waals surface area (Å²) in [5.74, 6) is -1.44. The number of hydrogen-bond acceptors (Lipinski definition) is 7. The molecule has 0 saturated carbocycles. The van der Waals surface area contributed by atoms with Crippen LogP contribution in [0.15, 0.2) is 30.3 Å². The minimum atomic E-state index is -2.24. The molecule has 0 radical (unpaired) electrons. The maximum Gasteiger partial charge on any atom is 0.520 e. The molecule has 1 aromatic carbocycles. The highest BCUT2D eigenvalue weighted by molar-refractivity contribution is 7.40. The molecule has 0 aromatic heterocycles. The average molecular weight is 381 g/mol. The number of rotatable bonds is 9. The highest BCUT2D eigenvalue weighted by atomic mass is 31.1. The largest absolute Gasteiger partial charge is 0.520 e. The number of nitrogens with two attached hydrogens (primary N) is 1. The van der Waals surface area contributed by atoms with Gasteiger partial charge in [-0.3, -0.25) is 0 Å². The standard InChI is InChI=1S/C18H26N2O5P/c1-13(10-15(19)11-14-6-3-2-4-7-14)25-26(23)12-17(21)24-18(22)16-8-5-9-20-16/h2-4,6-7,13,15-16,20H,5,8-12,19H2,1H3/q+1/t13?,15?,16-/m0/s1. The number of ether oxygens (including phenoxy) is 1. The van der Waals surface area contributed by atoms with Crippen molar-refractivity contribution in [1.29, 1.82) is 0 Å². The first-order chi connectivity index (χ1) is 12.4. The summed E-state index contributed by atoms with van der Waals surface area (Å²) in [5, 5.41) is 2.94. The molecule has 4 atom stereocenters. The zero-order valence-electron chi connectivity index (χ0n) is 14.9. The Labute approximate surface area is 154 Å². The van der Waals surface area contributed by atoms with Crippen LogP contribution in [0.3, 0.4) is 0 Å². The zero-order valence-corrected chi connectivity index (χ0v) is 15.8. The molecular weight excluding hydrogens is 355 g/mol. The molecule has 1 heterocycles. The third-order valence-corrected chi connectivity index (χ3v) is 5.20. The Morgan fingerprint density at radius 2 is 2.08 bits per heavy atom. The number of nitrogens with one attached hydrogen (secondary N) is 1. The van der Waals surface area contributed by atoms with Crippen molar-refractivity contribution in [1.82, 2.24) is 5.32 Å². The Hall–Kier alpha value is -1.66. The van der Waals surface area contributed by atoms with E-state index in [1.54, 1.807) is 6.92 Å². The lowest BCUT2D eigenvalue weighted by molar-refractivity contribution is -0.159. The number of hydrogen-bond donors (Lipinski definition) is 2. The topological polar surface area (TPSA) is 108 Å². The van der Waals surface area contributed by atoms with E-state index in [0.717, 1.165) is 18.5 Å². The maximum absolute atomic E-state index is 12.0. The van der Waals surface area contributed by atoms with Crippen LogP contribution >= 0.6 is 8.03 Å². The second-order valence-electron chi connectivity index (χ2n) is 6.53. The van der Waals surface area contributed by atoms with Gasteiger partial charge in [-0.2, -0.15) is 0 Å². The van der Waals surface area contributed by atoms with E-state index in [0.29, 0.717) is 19.3 Å². The molecule has 0 bridgehead atoms. The Bertz CT molecular complexity index is 619. The molecule has 3 N–H and O–H groups in total. The van der Waals surface area contributed by atoms with E-state index in [2.05, 4.69) is 5.32 Å². The van der Waals surface area contributed by atoms with Crippen molar-refractivity contribution < 1.29 is 23.4 Å². The van der Waals surface area contributed by atoms with Crippen molar-refractivity contribution in [3.63, 3.8) is 0 Å². The molecule has 0 spiro atoms. The summed E-state index contributed by atoms with van der Waals surface area (Å²) in [4.78, 5) is 23.4. The Morgan fingerprint density at radius 1 is 1.35 bits per heavy atom. The first-order valence-corrected chi connectivity index (χ1v) is 10.2. The molecular formula is C18H26N2O5P+. The third kappa shape index (κ3) is 7.30. The van der Waals surface area contributed by atoms with Crippen molar-refractivity contribution in [2.75, 3.05) is 12.7 Å². The zero-order chi connectivity index (χ0) is 18.9. The van der Waals surface area contributed by atoms with Crippen molar-refractivity contribution in [2.45, 2.75) is 50.8 Å². The lowest BCUT2D eigenvalue weighted by Crippen LogP contribution is -2.34. The summed E-state index contributed by atoms with van der Waals surface area (Å²) >= 11 is 0. The monoisotopic (exact) mass is 381 g/mol. The first kappa shape index (κ1) is 20.6. The molecule has 142 valence electrons. The molecule has 26 heavy (non-hydrogen) atoms. The van der Waals surface area contributed by atoms with Crippen LogP contribution in [0, 0.1) is 0 Å². The second-order valence-corrected chi connectivity index (χ2v) is 7.73. The Kier molecular flexibility index (Phi) is 8.32. The van der Waals surface area contributed by atoms with Crippen LogP contribution in [0.5, 0.6) is 0 Å². The average Bonchev–Trinajstić information content (AvgIpc) is 3.09. The van der Waals surface area contributed by atoms with E-state index in [1.807, 2.05) is 30.3 Å². The van der Waals surface area contributed by atoms with Gasteiger partial charge in [-0.25, -0.2) is 9.59 Å². The van der Waals surface area contributed by atoms with Gasteiger partial charge in [0.05, 0.1) is 0 Å². The minimum absolute atomic E-state index is 0.141. The lowest BCUT2D eigenvalue weighted by atomic mass is 10.0. The van der Waals surface area contributed by atoms with Gasteiger partial charge >= 0.3 is 20.0 Å². The van der Waals surface area contributed by atoms with Gasteiger partial charge in [-0.15, -0.1) is 4.52 Å². The van der Waals surface area contributed by atoms with Crippen molar-refractivity contribution in [3.05, 3.63) is 35.9 Å². The van der Waals surface area contributed by atoms with E-state index in [9.17, 15) is 14.2 Å². The van der Waals surface area contributed by atoms with Gasteiger partial charge in [-0.1, -0.05) is 30.3 Å². The predicted octanol–water partition coefficient (Wildman–Crippen LogP) is 1.92. The number of benzene rings is 1. The molecule has 1 aliphatic rings. The van der Waals surface area contributed by atoms with Crippen molar-refractivity contribution in [3.8, 4) is 0 Å². The SMILES string of the molecule is CC(CC(N)Cc1ccccc1)O[P+](=O)CC(=O)OC(=O)[C@@H]1CCCN1. The van der Waals surface area contributed by atoms with Gasteiger partial charge < -0.3 is 15.8 Å². The molecule has 1 fully saturated rings. The van der Waals surface area contributed by atoms with Gasteiger partial charge in [0.15, 0.2) is 0 Å². The molecule has 3 unspecified atom stereocenters. The van der Waals surface area contributed by atoms with Gasteiger partial charge in [0.25, 0.3) is 6.16 Å². The summed E-state index contributed by atoms with van der Waals surface area (Å²) in [6.07, 6.45) is 1.91. The van der Waals surface area contributed by atoms with E-state index >= 15 is 0 Å². The van der Waals surface area contributed by atoms with Crippen LogP contribution in [-0.4, -0.2) is 42.8 Å².